The fraction of sp³-hybridized carbons (Fsp3) is 0.231. The summed E-state index contributed by atoms with van der Waals surface area (Å²) in [5.41, 5.74) is 13.4. The molecule has 4 rings (SSSR count). The highest BCUT2D eigenvalue weighted by molar-refractivity contribution is 5.99. The van der Waals surface area contributed by atoms with Crippen molar-refractivity contribution >= 4 is 17.3 Å². The molecule has 3 N–H and O–H groups in total. The fourth-order valence-corrected chi connectivity index (χ4v) is 3.70. The number of hydrogen-bond acceptors (Lipinski definition) is 7. The first-order valence-corrected chi connectivity index (χ1v) is 11.3. The molecule has 0 saturated carbocycles. The number of nitro groups is 1. The maximum absolute atomic E-state index is 12.6. The van der Waals surface area contributed by atoms with Crippen LogP contribution < -0.4 is 21.0 Å². The highest BCUT2D eigenvalue weighted by Crippen LogP contribution is 2.25. The van der Waals surface area contributed by atoms with Gasteiger partial charge in [0.2, 0.25) is 0 Å². The SMILES string of the molecule is C/C(=N\NC(=O)C1CC(c2ccc(OCc3ccc(C)cc3)cc2)NN1)c1ccc([N+](=O)[O-])cc1. The van der Waals surface area contributed by atoms with Crippen molar-refractivity contribution in [3.8, 4) is 5.75 Å². The Hall–Kier alpha value is -4.08. The molecule has 0 aromatic heterocycles. The smallest absolute Gasteiger partial charge is 0.269 e. The molecule has 9 heteroatoms. The standard InChI is InChI=1S/C26H27N5O4/c1-17-3-5-19(6-4-17)16-35-23-13-9-21(10-14-23)24-15-25(29-28-24)26(32)30-27-18(2)20-7-11-22(12-8-20)31(33)34/h3-14,24-25,28-29H,15-16H2,1-2H3,(H,30,32)/b27-18+. The Morgan fingerprint density at radius 1 is 1.06 bits per heavy atom. The van der Waals surface area contributed by atoms with Gasteiger partial charge in [0, 0.05) is 18.2 Å². The van der Waals surface area contributed by atoms with Crippen LogP contribution in [0.15, 0.2) is 77.9 Å². The zero-order chi connectivity index (χ0) is 24.8. The molecule has 0 bridgehead atoms. The Balaban J connectivity index is 1.27. The molecule has 2 atom stereocenters. The number of nitro benzene ring substituents is 1. The van der Waals surface area contributed by atoms with Crippen LogP contribution in [0.3, 0.4) is 0 Å². The van der Waals surface area contributed by atoms with Gasteiger partial charge in [-0.15, -0.1) is 0 Å². The van der Waals surface area contributed by atoms with Gasteiger partial charge in [-0.25, -0.2) is 16.3 Å². The van der Waals surface area contributed by atoms with E-state index in [0.29, 0.717) is 24.3 Å². The van der Waals surface area contributed by atoms with Crippen LogP contribution >= 0.6 is 0 Å². The predicted molar refractivity (Wildman–Crippen MR) is 133 cm³/mol. The van der Waals surface area contributed by atoms with Crippen LogP contribution in [0.4, 0.5) is 5.69 Å². The number of carbonyl (C=O) groups is 1. The number of amides is 1. The molecule has 3 aromatic rings. The molecule has 180 valence electrons. The number of non-ortho nitro benzene ring substituents is 1. The molecule has 35 heavy (non-hydrogen) atoms. The van der Waals surface area contributed by atoms with Crippen molar-refractivity contribution in [3.63, 3.8) is 0 Å². The van der Waals surface area contributed by atoms with Crippen molar-refractivity contribution < 1.29 is 14.5 Å². The monoisotopic (exact) mass is 473 g/mol. The van der Waals surface area contributed by atoms with Crippen molar-refractivity contribution in [1.82, 2.24) is 16.3 Å². The number of aryl methyl sites for hydroxylation is 1. The van der Waals surface area contributed by atoms with E-state index in [2.05, 4.69) is 52.6 Å². The van der Waals surface area contributed by atoms with Crippen molar-refractivity contribution in [2.24, 2.45) is 5.10 Å². The molecule has 9 nitrogen and oxygen atoms in total. The summed E-state index contributed by atoms with van der Waals surface area (Å²) in [6, 6.07) is 21.6. The van der Waals surface area contributed by atoms with E-state index >= 15 is 0 Å². The van der Waals surface area contributed by atoms with E-state index in [1.54, 1.807) is 19.1 Å². The number of nitrogens with zero attached hydrogens (tertiary/aromatic N) is 2. The van der Waals surface area contributed by atoms with Gasteiger partial charge in [-0.3, -0.25) is 14.9 Å². The molecule has 1 aliphatic rings. The first-order valence-electron chi connectivity index (χ1n) is 11.3. The molecule has 1 heterocycles. The number of hydrazine groups is 1. The van der Waals surface area contributed by atoms with Crippen LogP contribution in [0.2, 0.25) is 0 Å². The van der Waals surface area contributed by atoms with E-state index in [1.807, 2.05) is 24.3 Å². The molecule has 1 aliphatic heterocycles. The van der Waals surface area contributed by atoms with Gasteiger partial charge in [0.05, 0.1) is 10.6 Å². The lowest BCUT2D eigenvalue weighted by Crippen LogP contribution is -2.41. The lowest BCUT2D eigenvalue weighted by atomic mass is 10.0. The Kier molecular flexibility index (Phi) is 7.49. The van der Waals surface area contributed by atoms with Gasteiger partial charge in [0.25, 0.3) is 11.6 Å². The van der Waals surface area contributed by atoms with Gasteiger partial charge >= 0.3 is 0 Å². The summed E-state index contributed by atoms with van der Waals surface area (Å²) in [7, 11) is 0. The van der Waals surface area contributed by atoms with E-state index in [9.17, 15) is 14.9 Å². The summed E-state index contributed by atoms with van der Waals surface area (Å²) in [5.74, 6) is 0.518. The van der Waals surface area contributed by atoms with Crippen LogP contribution in [0.5, 0.6) is 5.75 Å². The summed E-state index contributed by atoms with van der Waals surface area (Å²) in [6.45, 7) is 4.29. The van der Waals surface area contributed by atoms with Crippen LogP contribution in [0.25, 0.3) is 0 Å². The van der Waals surface area contributed by atoms with Crippen molar-refractivity contribution in [3.05, 3.63) is 105 Å². The average molecular weight is 474 g/mol. The molecule has 1 amide bonds. The number of benzene rings is 3. The second kappa shape index (κ2) is 10.9. The lowest BCUT2D eigenvalue weighted by molar-refractivity contribution is -0.384. The summed E-state index contributed by atoms with van der Waals surface area (Å²) >= 11 is 0. The predicted octanol–water partition coefficient (Wildman–Crippen LogP) is 3.93. The highest BCUT2D eigenvalue weighted by Gasteiger charge is 2.30. The molecule has 1 fully saturated rings. The minimum Gasteiger partial charge on any atom is -0.489 e. The Labute approximate surface area is 203 Å². The second-order valence-electron chi connectivity index (χ2n) is 8.45. The highest BCUT2D eigenvalue weighted by atomic mass is 16.6. The minimum absolute atomic E-state index is 0.00344. The Morgan fingerprint density at radius 3 is 2.40 bits per heavy atom. The maximum atomic E-state index is 12.6. The van der Waals surface area contributed by atoms with Gasteiger partial charge in [-0.2, -0.15) is 5.10 Å². The first kappa shape index (κ1) is 24.1. The third-order valence-corrected chi connectivity index (χ3v) is 5.86. The van der Waals surface area contributed by atoms with E-state index in [-0.39, 0.29) is 17.6 Å². The van der Waals surface area contributed by atoms with Gasteiger partial charge in [0.1, 0.15) is 18.4 Å². The first-order chi connectivity index (χ1) is 16.9. The zero-order valence-corrected chi connectivity index (χ0v) is 19.5. The van der Waals surface area contributed by atoms with Crippen LogP contribution in [-0.2, 0) is 11.4 Å². The number of ether oxygens (including phenoxy) is 1. The zero-order valence-electron chi connectivity index (χ0n) is 19.5. The quantitative estimate of drug-likeness (QED) is 0.259. The van der Waals surface area contributed by atoms with Gasteiger partial charge in [-0.1, -0.05) is 42.0 Å². The molecule has 3 aromatic carbocycles. The van der Waals surface area contributed by atoms with E-state index in [4.69, 9.17) is 4.74 Å². The maximum Gasteiger partial charge on any atom is 0.269 e. The van der Waals surface area contributed by atoms with Crippen LogP contribution in [0.1, 0.15) is 41.6 Å². The number of nitrogens with one attached hydrogen (secondary N) is 3. The Bertz CT molecular complexity index is 1210. The van der Waals surface area contributed by atoms with E-state index in [1.165, 1.54) is 17.7 Å². The molecule has 0 radical (unpaired) electrons. The van der Waals surface area contributed by atoms with Crippen molar-refractivity contribution in [1.29, 1.82) is 0 Å². The van der Waals surface area contributed by atoms with Gasteiger partial charge in [0.15, 0.2) is 0 Å². The van der Waals surface area contributed by atoms with E-state index in [0.717, 1.165) is 16.9 Å². The fourth-order valence-electron chi connectivity index (χ4n) is 3.70. The van der Waals surface area contributed by atoms with Crippen molar-refractivity contribution in [2.45, 2.75) is 39.0 Å². The minimum atomic E-state index is -0.459. The summed E-state index contributed by atoms with van der Waals surface area (Å²) in [5, 5.41) is 14.9. The summed E-state index contributed by atoms with van der Waals surface area (Å²) < 4.78 is 5.87. The molecule has 0 spiro atoms. The third kappa shape index (κ3) is 6.28. The van der Waals surface area contributed by atoms with Gasteiger partial charge < -0.3 is 4.74 Å². The molecular formula is C26H27N5O4. The topological polar surface area (TPSA) is 118 Å². The average Bonchev–Trinajstić information content (AvgIpc) is 3.37. The molecule has 1 saturated heterocycles. The number of hydrazone groups is 1. The third-order valence-electron chi connectivity index (χ3n) is 5.86. The summed E-state index contributed by atoms with van der Waals surface area (Å²) in [6.07, 6.45) is 0.557. The molecular weight excluding hydrogens is 446 g/mol. The number of hydrogen-bond donors (Lipinski definition) is 3. The summed E-state index contributed by atoms with van der Waals surface area (Å²) in [4.78, 5) is 22.9. The van der Waals surface area contributed by atoms with Crippen molar-refractivity contribution in [2.75, 3.05) is 0 Å². The van der Waals surface area contributed by atoms with Crippen LogP contribution in [0, 0.1) is 17.0 Å². The number of rotatable bonds is 8. The van der Waals surface area contributed by atoms with E-state index < -0.39 is 11.0 Å². The molecule has 0 aliphatic carbocycles. The number of carbonyl (C=O) groups excluding carboxylic acids is 1. The normalized spacial score (nSPS) is 17.7. The van der Waals surface area contributed by atoms with Crippen LogP contribution in [-0.4, -0.2) is 22.6 Å². The molecule has 2 unspecified atom stereocenters. The lowest BCUT2D eigenvalue weighted by Gasteiger charge is -2.11. The van der Waals surface area contributed by atoms with Gasteiger partial charge in [-0.05, 0) is 61.2 Å². The largest absolute Gasteiger partial charge is 0.489 e. The second-order valence-corrected chi connectivity index (χ2v) is 8.45. The Morgan fingerprint density at radius 2 is 1.74 bits per heavy atom.